The number of aliphatic hydroxyl groups excluding tert-OH is 2. The van der Waals surface area contributed by atoms with Crippen molar-refractivity contribution in [1.29, 1.82) is 0 Å². The van der Waals surface area contributed by atoms with Gasteiger partial charge in [-0.15, -0.1) is 0 Å². The molecule has 1 aromatic carbocycles. The molecular formula is C14H18Br2O3. The second-order valence-corrected chi connectivity index (χ2v) is 4.41. The summed E-state index contributed by atoms with van der Waals surface area (Å²) in [5.41, 5.74) is 1.11. The molecular weight excluding hydrogens is 376 g/mol. The summed E-state index contributed by atoms with van der Waals surface area (Å²) in [6, 6.07) is 5.96. The van der Waals surface area contributed by atoms with E-state index in [0.29, 0.717) is 0 Å². The predicted octanol–water partition coefficient (Wildman–Crippen LogP) is 4.12. The molecule has 0 saturated carbocycles. The molecule has 0 heterocycles. The number of benzene rings is 1. The molecule has 19 heavy (non-hydrogen) atoms. The van der Waals surface area contributed by atoms with E-state index in [4.69, 9.17) is 10.2 Å². The van der Waals surface area contributed by atoms with E-state index >= 15 is 0 Å². The van der Waals surface area contributed by atoms with Crippen molar-refractivity contribution in [2.75, 3.05) is 13.2 Å². The van der Waals surface area contributed by atoms with Crippen LogP contribution in [0.3, 0.4) is 0 Å². The van der Waals surface area contributed by atoms with Crippen molar-refractivity contribution < 1.29 is 14.9 Å². The van der Waals surface area contributed by atoms with Crippen LogP contribution >= 0.6 is 31.9 Å². The molecule has 0 radical (unpaired) electrons. The number of ether oxygens (including phenoxy) is 1. The second kappa shape index (κ2) is 15.2. The van der Waals surface area contributed by atoms with Gasteiger partial charge in [-0.25, -0.2) is 0 Å². The predicted molar refractivity (Wildman–Crippen MR) is 87.6 cm³/mol. The Hall–Kier alpha value is -0.880. The van der Waals surface area contributed by atoms with Crippen LogP contribution in [0, 0.1) is 0 Å². The Morgan fingerprint density at radius 1 is 1.05 bits per heavy atom. The number of aliphatic hydroxyl groups is 2. The van der Waals surface area contributed by atoms with E-state index in [2.05, 4.69) is 56.3 Å². The zero-order valence-corrected chi connectivity index (χ0v) is 13.7. The van der Waals surface area contributed by atoms with E-state index in [0.717, 1.165) is 14.5 Å². The third kappa shape index (κ3) is 11.9. The highest BCUT2D eigenvalue weighted by atomic mass is 79.9. The summed E-state index contributed by atoms with van der Waals surface area (Å²) in [5.74, 6) is 0. The third-order valence-corrected chi connectivity index (χ3v) is 3.57. The van der Waals surface area contributed by atoms with Gasteiger partial charge in [-0.3, -0.25) is 0 Å². The smallest absolute Gasteiger partial charge is 0.0829 e. The Morgan fingerprint density at radius 3 is 1.84 bits per heavy atom. The molecule has 0 fully saturated rings. The van der Waals surface area contributed by atoms with Crippen molar-refractivity contribution >= 4 is 37.9 Å². The van der Waals surface area contributed by atoms with Crippen LogP contribution < -0.4 is 0 Å². The van der Waals surface area contributed by atoms with Gasteiger partial charge in [-0.05, 0) is 43.5 Å². The molecule has 0 saturated heterocycles. The fourth-order valence-electron chi connectivity index (χ4n) is 0.746. The number of rotatable bonds is 4. The van der Waals surface area contributed by atoms with Gasteiger partial charge < -0.3 is 14.9 Å². The Bertz CT molecular complexity index is 371. The maximum absolute atomic E-state index is 7.62. The Kier molecular flexibility index (Phi) is 16.3. The van der Waals surface area contributed by atoms with Crippen LogP contribution in [0.1, 0.15) is 5.56 Å². The highest BCUT2D eigenvalue weighted by Crippen LogP contribution is 2.26. The molecule has 2 N–H and O–H groups in total. The van der Waals surface area contributed by atoms with Crippen molar-refractivity contribution in [3.8, 4) is 0 Å². The zero-order valence-electron chi connectivity index (χ0n) is 10.6. The van der Waals surface area contributed by atoms with E-state index < -0.39 is 0 Å². The summed E-state index contributed by atoms with van der Waals surface area (Å²) in [4.78, 5) is 0. The molecule has 0 aromatic heterocycles. The quantitative estimate of drug-likeness (QED) is 0.756. The van der Waals surface area contributed by atoms with Crippen molar-refractivity contribution in [2.24, 2.45) is 0 Å². The molecule has 0 aliphatic rings. The lowest BCUT2D eigenvalue weighted by molar-refractivity contribution is 0.186. The van der Waals surface area contributed by atoms with E-state index in [-0.39, 0.29) is 13.2 Å². The lowest BCUT2D eigenvalue weighted by Gasteiger charge is -1.98. The first-order valence-electron chi connectivity index (χ1n) is 5.24. The maximum Gasteiger partial charge on any atom is 0.0829 e. The van der Waals surface area contributed by atoms with Crippen LogP contribution in [0.4, 0.5) is 0 Å². The van der Waals surface area contributed by atoms with Crippen molar-refractivity contribution in [2.45, 2.75) is 0 Å². The number of hydrogen-bond donors (Lipinski definition) is 2. The molecule has 0 bridgehead atoms. The zero-order chi connectivity index (χ0) is 15.1. The average Bonchev–Trinajstić information content (AvgIpc) is 2.44. The van der Waals surface area contributed by atoms with Crippen LogP contribution in [0.25, 0.3) is 6.08 Å². The highest BCUT2D eigenvalue weighted by molar-refractivity contribution is 9.13. The fraction of sp³-hybridized carbons (Fsp3) is 0.143. The van der Waals surface area contributed by atoms with Crippen molar-refractivity contribution in [3.05, 3.63) is 65.0 Å². The van der Waals surface area contributed by atoms with E-state index in [1.807, 2.05) is 24.3 Å². The molecule has 1 aromatic rings. The molecule has 5 heteroatoms. The van der Waals surface area contributed by atoms with Crippen LogP contribution in [0.5, 0.6) is 0 Å². The first-order chi connectivity index (χ1) is 9.08. The topological polar surface area (TPSA) is 49.7 Å². The average molecular weight is 394 g/mol. The third-order valence-electron chi connectivity index (χ3n) is 1.49. The van der Waals surface area contributed by atoms with E-state index in [1.54, 1.807) is 0 Å². The fourth-order valence-corrected chi connectivity index (χ4v) is 1.55. The SMILES string of the molecule is C=COC=C.C=Cc1cccc(Br)c1Br.OCCO. The largest absolute Gasteiger partial charge is 0.474 e. The molecule has 0 unspecified atom stereocenters. The number of halogens is 2. The van der Waals surface area contributed by atoms with Gasteiger partial charge in [-0.2, -0.15) is 0 Å². The van der Waals surface area contributed by atoms with Crippen LogP contribution in [0.15, 0.2) is 59.4 Å². The standard InChI is InChI=1S/C8H6Br2.C4H6O.C2H6O2/c1-2-6-4-3-5-7(9)8(6)10;1-3-5-4-2;3-1-2-4/h2-5H,1H2;3-4H,1-2H2;3-4H,1-2H2. The Labute approximate surface area is 131 Å². The second-order valence-electron chi connectivity index (χ2n) is 2.76. The first kappa shape index (κ1) is 20.4. The van der Waals surface area contributed by atoms with Gasteiger partial charge in [0.15, 0.2) is 0 Å². The minimum absolute atomic E-state index is 0.125. The molecule has 1 rings (SSSR count). The molecule has 0 aliphatic heterocycles. The van der Waals surface area contributed by atoms with Crippen molar-refractivity contribution in [3.63, 3.8) is 0 Å². The molecule has 106 valence electrons. The highest BCUT2D eigenvalue weighted by Gasteiger charge is 1.97. The van der Waals surface area contributed by atoms with Gasteiger partial charge in [0, 0.05) is 8.95 Å². The van der Waals surface area contributed by atoms with Crippen LogP contribution in [-0.2, 0) is 4.74 Å². The normalized spacial score (nSPS) is 8.00. The van der Waals surface area contributed by atoms with Crippen LogP contribution in [-0.4, -0.2) is 23.4 Å². The molecule has 0 atom stereocenters. The molecule has 3 nitrogen and oxygen atoms in total. The van der Waals surface area contributed by atoms with Gasteiger partial charge in [0.2, 0.25) is 0 Å². The number of hydrogen-bond acceptors (Lipinski definition) is 3. The maximum atomic E-state index is 7.62. The summed E-state index contributed by atoms with van der Waals surface area (Å²) in [5, 5.41) is 15.2. The first-order valence-corrected chi connectivity index (χ1v) is 6.83. The molecule has 0 amide bonds. The lowest BCUT2D eigenvalue weighted by Crippen LogP contribution is -1.85. The van der Waals surface area contributed by atoms with Crippen molar-refractivity contribution in [1.82, 2.24) is 0 Å². The van der Waals surface area contributed by atoms with E-state index in [1.165, 1.54) is 12.5 Å². The minimum atomic E-state index is -0.125. The van der Waals surface area contributed by atoms with Gasteiger partial charge in [0.05, 0.1) is 25.7 Å². The summed E-state index contributed by atoms with van der Waals surface area (Å²) in [7, 11) is 0. The Morgan fingerprint density at radius 2 is 1.58 bits per heavy atom. The molecule has 0 spiro atoms. The lowest BCUT2D eigenvalue weighted by atomic mass is 10.2. The summed E-state index contributed by atoms with van der Waals surface area (Å²) in [6.07, 6.45) is 4.44. The summed E-state index contributed by atoms with van der Waals surface area (Å²) < 4.78 is 6.48. The Balaban J connectivity index is 0. The van der Waals surface area contributed by atoms with Gasteiger partial charge >= 0.3 is 0 Å². The monoisotopic (exact) mass is 392 g/mol. The summed E-state index contributed by atoms with van der Waals surface area (Å²) in [6.45, 7) is 9.95. The van der Waals surface area contributed by atoms with Gasteiger partial charge in [0.1, 0.15) is 0 Å². The van der Waals surface area contributed by atoms with Gasteiger partial charge in [0.25, 0.3) is 0 Å². The summed E-state index contributed by atoms with van der Waals surface area (Å²) >= 11 is 6.81. The minimum Gasteiger partial charge on any atom is -0.474 e. The van der Waals surface area contributed by atoms with Crippen LogP contribution in [0.2, 0.25) is 0 Å². The van der Waals surface area contributed by atoms with Gasteiger partial charge in [-0.1, -0.05) is 37.9 Å². The molecule has 0 aliphatic carbocycles. The van der Waals surface area contributed by atoms with E-state index in [9.17, 15) is 0 Å².